The van der Waals surface area contributed by atoms with Crippen molar-refractivity contribution in [2.24, 2.45) is 0 Å². The van der Waals surface area contributed by atoms with Gasteiger partial charge in [-0.1, -0.05) is 12.1 Å². The molecule has 0 saturated carbocycles. The van der Waals surface area contributed by atoms with Crippen LogP contribution in [0, 0.1) is 0 Å². The summed E-state index contributed by atoms with van der Waals surface area (Å²) in [5, 5.41) is 6.52. The second-order valence-corrected chi connectivity index (χ2v) is 4.13. The van der Waals surface area contributed by atoms with E-state index in [4.69, 9.17) is 0 Å². The Kier molecular flexibility index (Phi) is 1.58. The van der Waals surface area contributed by atoms with Crippen molar-refractivity contribution >= 4 is 33.4 Å². The van der Waals surface area contributed by atoms with Gasteiger partial charge >= 0.3 is 0 Å². The number of nitrogens with one attached hydrogen (secondary N) is 2. The van der Waals surface area contributed by atoms with Crippen molar-refractivity contribution in [3.8, 4) is 0 Å². The lowest BCUT2D eigenvalue weighted by Gasteiger charge is -2.03. The molecule has 3 aromatic rings. The molecular formula is C13H10N4. The summed E-state index contributed by atoms with van der Waals surface area (Å²) in [6, 6.07) is 12.0. The van der Waals surface area contributed by atoms with Gasteiger partial charge in [0.25, 0.3) is 0 Å². The van der Waals surface area contributed by atoms with Crippen LogP contribution in [-0.4, -0.2) is 16.6 Å². The lowest BCUT2D eigenvalue weighted by Crippen LogP contribution is -1.98. The monoisotopic (exact) mass is 222 g/mol. The number of aromatic nitrogens is 2. The van der Waals surface area contributed by atoms with E-state index in [1.165, 1.54) is 0 Å². The third kappa shape index (κ3) is 1.24. The van der Waals surface area contributed by atoms with Crippen LogP contribution < -0.4 is 10.6 Å². The van der Waals surface area contributed by atoms with Gasteiger partial charge in [-0.15, -0.1) is 0 Å². The third-order valence-electron chi connectivity index (χ3n) is 3.04. The average Bonchev–Trinajstić information content (AvgIpc) is 2.80. The molecule has 0 unspecified atom stereocenters. The number of nitrogens with zero attached hydrogens (tertiary/aromatic N) is 2. The molecular weight excluding hydrogens is 212 g/mol. The molecule has 0 amide bonds. The maximum atomic E-state index is 4.62. The molecule has 1 aromatic heterocycles. The fraction of sp³-hybridized carbons (Fsp3) is 0.0769. The number of para-hydroxylation sites is 2. The standard InChI is InChI=1S/C13H10N4/c1-2-4-9-8(3-1)16-12-5-10-11(15-7-14-10)6-13(12)17-9/h1-6,14-15H,7H2. The SMILES string of the molecule is c1ccc2nc3cc4c(cc3nc2c1)NCN4. The van der Waals surface area contributed by atoms with Gasteiger partial charge < -0.3 is 10.6 Å². The van der Waals surface area contributed by atoms with E-state index in [1.807, 2.05) is 36.4 Å². The van der Waals surface area contributed by atoms with Gasteiger partial charge in [0.05, 0.1) is 40.1 Å². The quantitative estimate of drug-likeness (QED) is 0.574. The molecule has 2 N–H and O–H groups in total. The van der Waals surface area contributed by atoms with Crippen molar-refractivity contribution in [3.05, 3.63) is 36.4 Å². The molecule has 17 heavy (non-hydrogen) atoms. The Bertz CT molecular complexity index is 674. The van der Waals surface area contributed by atoms with Crippen LogP contribution >= 0.6 is 0 Å². The Hall–Kier alpha value is -2.36. The summed E-state index contributed by atoms with van der Waals surface area (Å²) in [5.41, 5.74) is 5.93. The fourth-order valence-corrected chi connectivity index (χ4v) is 2.20. The van der Waals surface area contributed by atoms with Gasteiger partial charge in [0, 0.05) is 0 Å². The van der Waals surface area contributed by atoms with Crippen LogP contribution in [0.5, 0.6) is 0 Å². The second kappa shape index (κ2) is 3.07. The zero-order chi connectivity index (χ0) is 11.2. The minimum atomic E-state index is 0.769. The van der Waals surface area contributed by atoms with Crippen LogP contribution in [0.4, 0.5) is 11.4 Å². The zero-order valence-electron chi connectivity index (χ0n) is 9.07. The number of benzene rings is 2. The molecule has 4 heteroatoms. The predicted octanol–water partition coefficient (Wildman–Crippen LogP) is 2.58. The summed E-state index contributed by atoms with van der Waals surface area (Å²) in [7, 11) is 0. The van der Waals surface area contributed by atoms with Crippen LogP contribution in [0.3, 0.4) is 0 Å². The first-order valence-corrected chi connectivity index (χ1v) is 5.58. The van der Waals surface area contributed by atoms with E-state index in [9.17, 15) is 0 Å². The first-order valence-electron chi connectivity index (χ1n) is 5.58. The molecule has 0 fully saturated rings. The number of hydrogen-bond acceptors (Lipinski definition) is 4. The maximum absolute atomic E-state index is 4.62. The number of anilines is 2. The van der Waals surface area contributed by atoms with E-state index in [-0.39, 0.29) is 0 Å². The molecule has 1 aliphatic heterocycles. The molecule has 0 saturated heterocycles. The predicted molar refractivity (Wildman–Crippen MR) is 69.2 cm³/mol. The molecule has 82 valence electrons. The highest BCUT2D eigenvalue weighted by atomic mass is 15.1. The van der Waals surface area contributed by atoms with Crippen molar-refractivity contribution in [1.82, 2.24) is 9.97 Å². The third-order valence-corrected chi connectivity index (χ3v) is 3.04. The lowest BCUT2D eigenvalue weighted by molar-refractivity contribution is 1.31. The highest BCUT2D eigenvalue weighted by Gasteiger charge is 2.11. The Morgan fingerprint density at radius 3 is 1.82 bits per heavy atom. The highest BCUT2D eigenvalue weighted by Crippen LogP contribution is 2.30. The topological polar surface area (TPSA) is 49.8 Å². The first kappa shape index (κ1) is 8.75. The van der Waals surface area contributed by atoms with E-state index in [2.05, 4.69) is 20.6 Å². The van der Waals surface area contributed by atoms with E-state index < -0.39 is 0 Å². The summed E-state index contributed by atoms with van der Waals surface area (Å²) in [5.74, 6) is 0. The summed E-state index contributed by atoms with van der Waals surface area (Å²) in [6.07, 6.45) is 0. The van der Waals surface area contributed by atoms with Gasteiger partial charge in [0.2, 0.25) is 0 Å². The van der Waals surface area contributed by atoms with Gasteiger partial charge in [-0.2, -0.15) is 0 Å². The molecule has 4 rings (SSSR count). The Morgan fingerprint density at radius 2 is 1.29 bits per heavy atom. The lowest BCUT2D eigenvalue weighted by atomic mass is 10.2. The van der Waals surface area contributed by atoms with Crippen molar-refractivity contribution in [3.63, 3.8) is 0 Å². The zero-order valence-corrected chi connectivity index (χ0v) is 9.07. The van der Waals surface area contributed by atoms with Crippen LogP contribution in [0.1, 0.15) is 0 Å². The van der Waals surface area contributed by atoms with Gasteiger partial charge in [-0.25, -0.2) is 9.97 Å². The van der Waals surface area contributed by atoms with E-state index in [0.717, 1.165) is 40.1 Å². The second-order valence-electron chi connectivity index (χ2n) is 4.13. The van der Waals surface area contributed by atoms with Crippen molar-refractivity contribution < 1.29 is 0 Å². The average molecular weight is 222 g/mol. The van der Waals surface area contributed by atoms with Crippen molar-refractivity contribution in [1.29, 1.82) is 0 Å². The van der Waals surface area contributed by atoms with Gasteiger partial charge in [-0.3, -0.25) is 0 Å². The summed E-state index contributed by atoms with van der Waals surface area (Å²) in [6.45, 7) is 0.769. The van der Waals surface area contributed by atoms with Crippen LogP contribution in [0.15, 0.2) is 36.4 Å². The van der Waals surface area contributed by atoms with Gasteiger partial charge in [0.1, 0.15) is 0 Å². The van der Waals surface area contributed by atoms with Crippen molar-refractivity contribution in [2.45, 2.75) is 0 Å². The molecule has 0 spiro atoms. The Balaban J connectivity index is 2.12. The first-order chi connectivity index (χ1) is 8.40. The minimum Gasteiger partial charge on any atom is -0.366 e. The number of rotatable bonds is 0. The summed E-state index contributed by atoms with van der Waals surface area (Å²) in [4.78, 5) is 9.25. The van der Waals surface area contributed by atoms with Gasteiger partial charge in [-0.05, 0) is 24.3 Å². The molecule has 2 heterocycles. The van der Waals surface area contributed by atoms with E-state index in [1.54, 1.807) is 0 Å². The van der Waals surface area contributed by atoms with Crippen molar-refractivity contribution in [2.75, 3.05) is 17.3 Å². The van der Waals surface area contributed by atoms with Crippen LogP contribution in [0.25, 0.3) is 22.1 Å². The smallest absolute Gasteiger partial charge is 0.0916 e. The minimum absolute atomic E-state index is 0.769. The summed E-state index contributed by atoms with van der Waals surface area (Å²) < 4.78 is 0. The molecule has 2 aromatic carbocycles. The molecule has 1 aliphatic rings. The van der Waals surface area contributed by atoms with Gasteiger partial charge in [0.15, 0.2) is 0 Å². The number of fused-ring (bicyclic) bond motifs is 3. The van der Waals surface area contributed by atoms with Crippen LogP contribution in [-0.2, 0) is 0 Å². The molecule has 0 atom stereocenters. The largest absolute Gasteiger partial charge is 0.366 e. The fourth-order valence-electron chi connectivity index (χ4n) is 2.20. The molecule has 0 bridgehead atoms. The summed E-state index contributed by atoms with van der Waals surface area (Å²) >= 11 is 0. The Morgan fingerprint density at radius 1 is 0.765 bits per heavy atom. The molecule has 0 radical (unpaired) electrons. The van der Waals surface area contributed by atoms with E-state index >= 15 is 0 Å². The Labute approximate surface area is 97.7 Å². The normalized spacial score (nSPS) is 13.4. The van der Waals surface area contributed by atoms with Crippen LogP contribution in [0.2, 0.25) is 0 Å². The maximum Gasteiger partial charge on any atom is 0.0916 e. The number of hydrogen-bond donors (Lipinski definition) is 2. The highest BCUT2D eigenvalue weighted by molar-refractivity contribution is 5.93. The molecule has 4 nitrogen and oxygen atoms in total. The molecule has 0 aliphatic carbocycles. The van der Waals surface area contributed by atoms with E-state index in [0.29, 0.717) is 0 Å².